The van der Waals surface area contributed by atoms with E-state index in [1.807, 2.05) is 0 Å². The SMILES string of the molecule is CCCCCCCC[N+]1=C(C)C(C)(C)c2ccccc21.[I-]. The van der Waals surface area contributed by atoms with Gasteiger partial charge in [-0.25, -0.2) is 0 Å². The molecule has 2 heteroatoms. The lowest BCUT2D eigenvalue weighted by Crippen LogP contribution is -3.00. The van der Waals surface area contributed by atoms with E-state index in [2.05, 4.69) is 56.5 Å². The van der Waals surface area contributed by atoms with Crippen molar-refractivity contribution >= 4 is 11.4 Å². The molecule has 0 aliphatic carbocycles. The van der Waals surface area contributed by atoms with Gasteiger partial charge in [0.15, 0.2) is 5.71 Å². The normalized spacial score (nSPS) is 15.8. The second-order valence-corrected chi connectivity index (χ2v) is 6.65. The molecule has 0 spiro atoms. The molecule has 1 aromatic rings. The number of nitrogens with zero attached hydrogens (tertiary/aromatic N) is 1. The molecule has 1 aliphatic rings. The van der Waals surface area contributed by atoms with Gasteiger partial charge in [-0.3, -0.25) is 0 Å². The van der Waals surface area contributed by atoms with Crippen LogP contribution >= 0.6 is 0 Å². The number of hydrogen-bond acceptors (Lipinski definition) is 0. The third-order valence-corrected chi connectivity index (χ3v) is 4.91. The minimum Gasteiger partial charge on any atom is -1.00 e. The lowest BCUT2D eigenvalue weighted by molar-refractivity contribution is -0.439. The van der Waals surface area contributed by atoms with Gasteiger partial charge in [0.1, 0.15) is 6.54 Å². The topological polar surface area (TPSA) is 3.01 Å². The van der Waals surface area contributed by atoms with Gasteiger partial charge < -0.3 is 24.0 Å². The van der Waals surface area contributed by atoms with Crippen molar-refractivity contribution in [3.63, 3.8) is 0 Å². The molecule has 118 valence electrons. The average Bonchev–Trinajstić information content (AvgIpc) is 2.64. The second-order valence-electron chi connectivity index (χ2n) is 6.65. The molecule has 0 amide bonds. The highest BCUT2D eigenvalue weighted by atomic mass is 127. The Morgan fingerprint density at radius 3 is 2.29 bits per heavy atom. The summed E-state index contributed by atoms with van der Waals surface area (Å²) >= 11 is 0. The maximum absolute atomic E-state index is 2.55. The van der Waals surface area contributed by atoms with E-state index in [0.717, 1.165) is 0 Å². The summed E-state index contributed by atoms with van der Waals surface area (Å²) in [5.41, 5.74) is 4.62. The van der Waals surface area contributed by atoms with E-state index in [1.165, 1.54) is 62.0 Å². The predicted molar refractivity (Wildman–Crippen MR) is 88.3 cm³/mol. The minimum atomic E-state index is 0. The molecular formula is C19H30IN. The quantitative estimate of drug-likeness (QED) is 0.377. The Bertz CT molecular complexity index is 488. The first-order chi connectivity index (χ1) is 9.59. The van der Waals surface area contributed by atoms with Crippen molar-refractivity contribution in [3.05, 3.63) is 29.8 Å². The zero-order valence-electron chi connectivity index (χ0n) is 14.1. The molecular weight excluding hydrogens is 369 g/mol. The molecule has 1 aliphatic heterocycles. The molecule has 0 atom stereocenters. The number of para-hydroxylation sites is 1. The standard InChI is InChI=1S/C19H30N.HI/c1-5-6-7-8-9-12-15-20-16(2)19(3,4)17-13-10-11-14-18(17)20;/h10-11,13-14H,5-9,12,15H2,1-4H3;1H/q+1;/p-1. The predicted octanol–water partition coefficient (Wildman–Crippen LogP) is 2.45. The van der Waals surface area contributed by atoms with E-state index in [9.17, 15) is 0 Å². The molecule has 1 heterocycles. The van der Waals surface area contributed by atoms with Crippen LogP contribution in [-0.4, -0.2) is 16.8 Å². The largest absolute Gasteiger partial charge is 1.00 e. The lowest BCUT2D eigenvalue weighted by atomic mass is 9.82. The summed E-state index contributed by atoms with van der Waals surface area (Å²) in [5, 5.41) is 0. The van der Waals surface area contributed by atoms with Crippen LogP contribution in [0.1, 0.15) is 71.8 Å². The van der Waals surface area contributed by atoms with Crippen molar-refractivity contribution in [2.45, 2.75) is 71.6 Å². The Labute approximate surface area is 147 Å². The van der Waals surface area contributed by atoms with E-state index in [-0.39, 0.29) is 29.4 Å². The molecule has 0 radical (unpaired) electrons. The van der Waals surface area contributed by atoms with Crippen LogP contribution < -0.4 is 24.0 Å². The second kappa shape index (κ2) is 8.30. The van der Waals surface area contributed by atoms with Crippen LogP contribution in [0.15, 0.2) is 24.3 Å². The highest BCUT2D eigenvalue weighted by Gasteiger charge is 2.42. The van der Waals surface area contributed by atoms with Crippen LogP contribution in [0, 0.1) is 0 Å². The first kappa shape index (κ1) is 18.7. The third kappa shape index (κ3) is 4.08. The Balaban J connectivity index is 0.00000220. The van der Waals surface area contributed by atoms with Crippen LogP contribution in [0.4, 0.5) is 5.69 Å². The van der Waals surface area contributed by atoms with E-state index >= 15 is 0 Å². The summed E-state index contributed by atoms with van der Waals surface area (Å²) in [6.45, 7) is 10.5. The molecule has 0 unspecified atom stereocenters. The third-order valence-electron chi connectivity index (χ3n) is 4.91. The van der Waals surface area contributed by atoms with Crippen molar-refractivity contribution < 1.29 is 28.6 Å². The molecule has 2 rings (SSSR count). The highest BCUT2D eigenvalue weighted by molar-refractivity contribution is 5.93. The molecule has 0 N–H and O–H groups in total. The molecule has 1 nitrogen and oxygen atoms in total. The first-order valence-corrected chi connectivity index (χ1v) is 8.30. The van der Waals surface area contributed by atoms with Crippen molar-refractivity contribution in [2.75, 3.05) is 6.54 Å². The fourth-order valence-electron chi connectivity index (χ4n) is 3.29. The number of halogens is 1. The maximum atomic E-state index is 2.55. The van der Waals surface area contributed by atoms with Gasteiger partial charge >= 0.3 is 0 Å². The van der Waals surface area contributed by atoms with Crippen molar-refractivity contribution in [3.8, 4) is 0 Å². The zero-order chi connectivity index (χ0) is 14.6. The fourth-order valence-corrected chi connectivity index (χ4v) is 3.29. The summed E-state index contributed by atoms with van der Waals surface area (Å²) in [6.07, 6.45) is 8.20. The van der Waals surface area contributed by atoms with Gasteiger partial charge in [-0.05, 0) is 20.3 Å². The Morgan fingerprint density at radius 1 is 0.952 bits per heavy atom. The fraction of sp³-hybridized carbons (Fsp3) is 0.632. The van der Waals surface area contributed by atoms with Gasteiger partial charge in [0.05, 0.1) is 5.41 Å². The zero-order valence-corrected chi connectivity index (χ0v) is 16.2. The number of rotatable bonds is 7. The van der Waals surface area contributed by atoms with Crippen LogP contribution in [0.25, 0.3) is 0 Å². The summed E-state index contributed by atoms with van der Waals surface area (Å²) < 4.78 is 2.55. The van der Waals surface area contributed by atoms with Gasteiger partial charge in [0, 0.05) is 25.0 Å². The summed E-state index contributed by atoms with van der Waals surface area (Å²) in [7, 11) is 0. The Hall–Kier alpha value is -0.380. The lowest BCUT2D eigenvalue weighted by Gasteiger charge is -2.14. The first-order valence-electron chi connectivity index (χ1n) is 8.30. The van der Waals surface area contributed by atoms with E-state index in [4.69, 9.17) is 0 Å². The minimum absolute atomic E-state index is 0. The van der Waals surface area contributed by atoms with Crippen molar-refractivity contribution in [1.82, 2.24) is 0 Å². The molecule has 0 saturated heterocycles. The van der Waals surface area contributed by atoms with Gasteiger partial charge in [0.2, 0.25) is 5.69 Å². The van der Waals surface area contributed by atoms with Crippen LogP contribution in [0.5, 0.6) is 0 Å². The average molecular weight is 399 g/mol. The van der Waals surface area contributed by atoms with E-state index < -0.39 is 0 Å². The van der Waals surface area contributed by atoms with Crippen LogP contribution in [0.3, 0.4) is 0 Å². The monoisotopic (exact) mass is 399 g/mol. The number of benzene rings is 1. The van der Waals surface area contributed by atoms with Gasteiger partial charge in [-0.15, -0.1) is 0 Å². The summed E-state index contributed by atoms with van der Waals surface area (Å²) in [5.74, 6) is 0. The molecule has 21 heavy (non-hydrogen) atoms. The number of hydrogen-bond donors (Lipinski definition) is 0. The van der Waals surface area contributed by atoms with Gasteiger partial charge in [-0.2, -0.15) is 4.58 Å². The Morgan fingerprint density at radius 2 is 1.57 bits per heavy atom. The van der Waals surface area contributed by atoms with Crippen LogP contribution in [0.2, 0.25) is 0 Å². The molecule has 0 bridgehead atoms. The smallest absolute Gasteiger partial charge is 0.209 e. The summed E-state index contributed by atoms with van der Waals surface area (Å²) in [6, 6.07) is 8.91. The van der Waals surface area contributed by atoms with Gasteiger partial charge in [-0.1, -0.05) is 50.8 Å². The number of unbranched alkanes of at least 4 members (excludes halogenated alkanes) is 5. The van der Waals surface area contributed by atoms with E-state index in [1.54, 1.807) is 0 Å². The van der Waals surface area contributed by atoms with Gasteiger partial charge in [0.25, 0.3) is 0 Å². The van der Waals surface area contributed by atoms with E-state index in [0.29, 0.717) is 0 Å². The molecule has 0 fully saturated rings. The molecule has 0 saturated carbocycles. The van der Waals surface area contributed by atoms with Crippen LogP contribution in [-0.2, 0) is 5.41 Å². The van der Waals surface area contributed by atoms with Crippen molar-refractivity contribution in [1.29, 1.82) is 0 Å². The molecule has 0 aromatic heterocycles. The highest BCUT2D eigenvalue weighted by Crippen LogP contribution is 2.39. The maximum Gasteiger partial charge on any atom is 0.209 e. The Kier molecular flexibility index (Phi) is 7.38. The van der Waals surface area contributed by atoms with Crippen molar-refractivity contribution in [2.24, 2.45) is 0 Å². The summed E-state index contributed by atoms with van der Waals surface area (Å²) in [4.78, 5) is 0. The molecule has 1 aromatic carbocycles. The number of fused-ring (bicyclic) bond motifs is 1.